The van der Waals surface area contributed by atoms with Gasteiger partial charge in [-0.2, -0.15) is 0 Å². The first kappa shape index (κ1) is 18.6. The second kappa shape index (κ2) is 7.88. The van der Waals surface area contributed by atoms with Crippen LogP contribution in [0.4, 0.5) is 0 Å². The van der Waals surface area contributed by atoms with E-state index in [1.807, 2.05) is 19.1 Å². The summed E-state index contributed by atoms with van der Waals surface area (Å²) in [6.07, 6.45) is 0. The van der Waals surface area contributed by atoms with Crippen molar-refractivity contribution < 1.29 is 17.9 Å². The first-order chi connectivity index (χ1) is 11.3. The number of nitrogens with one attached hydrogen (secondary N) is 1. The molecule has 0 heterocycles. The normalized spacial score (nSPS) is 11.3. The van der Waals surface area contributed by atoms with Gasteiger partial charge in [0.1, 0.15) is 18.1 Å². The standard InChI is InChI=1S/C17H20ClNO4S/c1-12-4-6-15(18)17(10-12)23-9-8-19-24(20,21)14-5-7-16(22-3)13(2)11-14/h4-7,10-11,19H,8-9H2,1-3H3. The molecule has 0 atom stereocenters. The van der Waals surface area contributed by atoms with E-state index in [9.17, 15) is 8.42 Å². The highest BCUT2D eigenvalue weighted by molar-refractivity contribution is 7.89. The van der Waals surface area contributed by atoms with Crippen molar-refractivity contribution in [3.63, 3.8) is 0 Å². The summed E-state index contributed by atoms with van der Waals surface area (Å²) in [7, 11) is -2.05. The van der Waals surface area contributed by atoms with Crippen molar-refractivity contribution in [3.8, 4) is 11.5 Å². The largest absolute Gasteiger partial charge is 0.496 e. The molecule has 2 aromatic rings. The Morgan fingerprint density at radius 2 is 1.83 bits per heavy atom. The van der Waals surface area contributed by atoms with Crippen LogP contribution >= 0.6 is 11.6 Å². The summed E-state index contributed by atoms with van der Waals surface area (Å²) in [5, 5.41) is 0.495. The van der Waals surface area contributed by atoms with Gasteiger partial charge >= 0.3 is 0 Å². The summed E-state index contributed by atoms with van der Waals surface area (Å²) in [4.78, 5) is 0.189. The van der Waals surface area contributed by atoms with Crippen LogP contribution in [0.25, 0.3) is 0 Å². The number of halogens is 1. The van der Waals surface area contributed by atoms with Crippen molar-refractivity contribution in [2.24, 2.45) is 0 Å². The highest BCUT2D eigenvalue weighted by atomic mass is 35.5. The van der Waals surface area contributed by atoms with Crippen molar-refractivity contribution in [1.82, 2.24) is 4.72 Å². The second-order valence-corrected chi connectivity index (χ2v) is 7.49. The van der Waals surface area contributed by atoms with Gasteiger partial charge in [-0.15, -0.1) is 0 Å². The van der Waals surface area contributed by atoms with Crippen LogP contribution in [0.1, 0.15) is 11.1 Å². The van der Waals surface area contributed by atoms with E-state index in [0.717, 1.165) is 11.1 Å². The second-order valence-electron chi connectivity index (χ2n) is 5.31. The predicted molar refractivity (Wildman–Crippen MR) is 94.6 cm³/mol. The Kier molecular flexibility index (Phi) is 6.10. The monoisotopic (exact) mass is 369 g/mol. The number of sulfonamides is 1. The first-order valence-corrected chi connectivity index (χ1v) is 9.23. The zero-order valence-corrected chi connectivity index (χ0v) is 15.4. The fourth-order valence-corrected chi connectivity index (χ4v) is 3.43. The SMILES string of the molecule is COc1ccc(S(=O)(=O)NCCOc2cc(C)ccc2Cl)cc1C. The van der Waals surface area contributed by atoms with Crippen LogP contribution < -0.4 is 14.2 Å². The molecule has 0 aliphatic carbocycles. The fraction of sp³-hybridized carbons (Fsp3) is 0.294. The molecule has 0 amide bonds. The third kappa shape index (κ3) is 4.63. The van der Waals surface area contributed by atoms with Crippen LogP contribution in [0.15, 0.2) is 41.3 Å². The number of benzene rings is 2. The van der Waals surface area contributed by atoms with Gasteiger partial charge in [0, 0.05) is 6.54 Å². The van der Waals surface area contributed by atoms with Gasteiger partial charge in [-0.25, -0.2) is 13.1 Å². The molecule has 2 rings (SSSR count). The zero-order chi connectivity index (χ0) is 17.7. The Hall–Kier alpha value is -1.76. The highest BCUT2D eigenvalue weighted by Gasteiger charge is 2.15. The molecule has 0 unspecified atom stereocenters. The van der Waals surface area contributed by atoms with Crippen molar-refractivity contribution in [1.29, 1.82) is 0 Å². The lowest BCUT2D eigenvalue weighted by Crippen LogP contribution is -2.28. The van der Waals surface area contributed by atoms with Crippen LogP contribution in [-0.2, 0) is 10.0 Å². The first-order valence-electron chi connectivity index (χ1n) is 7.37. The van der Waals surface area contributed by atoms with Gasteiger partial charge in [-0.05, 0) is 55.3 Å². The number of hydrogen-bond donors (Lipinski definition) is 1. The van der Waals surface area contributed by atoms with Crippen molar-refractivity contribution in [3.05, 3.63) is 52.5 Å². The van der Waals surface area contributed by atoms with E-state index >= 15 is 0 Å². The molecule has 0 aliphatic rings. The minimum atomic E-state index is -3.60. The topological polar surface area (TPSA) is 64.6 Å². The average molecular weight is 370 g/mol. The summed E-state index contributed by atoms with van der Waals surface area (Å²) in [5.74, 6) is 1.18. The molecule has 0 fully saturated rings. The molecule has 0 saturated carbocycles. The van der Waals surface area contributed by atoms with Crippen LogP contribution in [0.2, 0.25) is 5.02 Å². The molecule has 0 bridgehead atoms. The number of aryl methyl sites for hydroxylation is 2. The molecule has 24 heavy (non-hydrogen) atoms. The minimum Gasteiger partial charge on any atom is -0.496 e. The van der Waals surface area contributed by atoms with Crippen molar-refractivity contribution in [2.45, 2.75) is 18.7 Å². The van der Waals surface area contributed by atoms with E-state index < -0.39 is 10.0 Å². The van der Waals surface area contributed by atoms with Gasteiger partial charge in [-0.3, -0.25) is 0 Å². The zero-order valence-electron chi connectivity index (χ0n) is 13.8. The number of ether oxygens (including phenoxy) is 2. The smallest absolute Gasteiger partial charge is 0.240 e. The van der Waals surface area contributed by atoms with Gasteiger partial charge in [-0.1, -0.05) is 17.7 Å². The van der Waals surface area contributed by atoms with Crippen LogP contribution in [0.5, 0.6) is 11.5 Å². The third-order valence-corrected chi connectivity index (χ3v) is 5.19. The maximum absolute atomic E-state index is 12.3. The van der Waals surface area contributed by atoms with Gasteiger partial charge < -0.3 is 9.47 Å². The Labute approximate surface area is 147 Å². The van der Waals surface area contributed by atoms with Crippen molar-refractivity contribution in [2.75, 3.05) is 20.3 Å². The molecule has 0 aromatic heterocycles. The van der Waals surface area contributed by atoms with Crippen LogP contribution in [0.3, 0.4) is 0 Å². The number of hydrogen-bond acceptors (Lipinski definition) is 4. The number of rotatable bonds is 7. The molecular formula is C17H20ClNO4S. The maximum Gasteiger partial charge on any atom is 0.240 e. The van der Waals surface area contributed by atoms with Gasteiger partial charge in [0.25, 0.3) is 0 Å². The molecule has 130 valence electrons. The molecule has 1 N–H and O–H groups in total. The van der Waals surface area contributed by atoms with Gasteiger partial charge in [0.15, 0.2) is 0 Å². The summed E-state index contributed by atoms with van der Waals surface area (Å²) < 4.78 is 37.7. The van der Waals surface area contributed by atoms with Gasteiger partial charge in [0.2, 0.25) is 10.0 Å². The van der Waals surface area contributed by atoms with E-state index in [1.165, 1.54) is 6.07 Å². The van der Waals surface area contributed by atoms with Crippen molar-refractivity contribution >= 4 is 21.6 Å². The molecule has 0 aliphatic heterocycles. The van der Waals surface area contributed by atoms with E-state index in [2.05, 4.69) is 4.72 Å². The van der Waals surface area contributed by atoms with E-state index in [0.29, 0.717) is 16.5 Å². The highest BCUT2D eigenvalue weighted by Crippen LogP contribution is 2.25. The third-order valence-electron chi connectivity index (χ3n) is 3.42. The molecule has 5 nitrogen and oxygen atoms in total. The summed E-state index contributed by atoms with van der Waals surface area (Å²) in [6, 6.07) is 10.1. The molecule has 0 saturated heterocycles. The Morgan fingerprint density at radius 3 is 2.50 bits per heavy atom. The molecule has 2 aromatic carbocycles. The lowest BCUT2D eigenvalue weighted by molar-refractivity contribution is 0.323. The predicted octanol–water partition coefficient (Wildman–Crippen LogP) is 3.32. The average Bonchev–Trinajstić information content (AvgIpc) is 2.54. The van der Waals surface area contributed by atoms with Gasteiger partial charge in [0.05, 0.1) is 17.0 Å². The fourth-order valence-electron chi connectivity index (χ4n) is 2.16. The molecule has 0 spiro atoms. The Morgan fingerprint density at radius 1 is 1.08 bits per heavy atom. The lowest BCUT2D eigenvalue weighted by atomic mass is 10.2. The summed E-state index contributed by atoms with van der Waals surface area (Å²) >= 11 is 6.03. The van der Waals surface area contributed by atoms with Crippen LogP contribution in [-0.4, -0.2) is 28.7 Å². The van der Waals surface area contributed by atoms with E-state index in [1.54, 1.807) is 32.2 Å². The molecule has 0 radical (unpaired) electrons. The minimum absolute atomic E-state index is 0.137. The Balaban J connectivity index is 1.95. The Bertz CT molecular complexity index is 821. The maximum atomic E-state index is 12.3. The molecular weight excluding hydrogens is 350 g/mol. The quantitative estimate of drug-likeness (QED) is 0.760. The summed E-state index contributed by atoms with van der Waals surface area (Å²) in [6.45, 7) is 4.04. The van der Waals surface area contributed by atoms with E-state index in [4.69, 9.17) is 21.1 Å². The van der Waals surface area contributed by atoms with Crippen LogP contribution in [0, 0.1) is 13.8 Å². The summed E-state index contributed by atoms with van der Waals surface area (Å²) in [5.41, 5.74) is 1.77. The van der Waals surface area contributed by atoms with E-state index in [-0.39, 0.29) is 18.0 Å². The number of methoxy groups -OCH3 is 1. The lowest BCUT2D eigenvalue weighted by Gasteiger charge is -2.11. The molecule has 7 heteroatoms.